The van der Waals surface area contributed by atoms with Crippen LogP contribution < -0.4 is 0 Å². The van der Waals surface area contributed by atoms with E-state index in [1.807, 2.05) is 78.0 Å². The number of carbonyl (C=O) groups is 1. The first-order chi connectivity index (χ1) is 15.7. The van der Waals surface area contributed by atoms with E-state index in [2.05, 4.69) is 28.3 Å². The van der Waals surface area contributed by atoms with E-state index in [9.17, 15) is 13.2 Å². The summed E-state index contributed by atoms with van der Waals surface area (Å²) in [5.41, 5.74) is 8.97. The predicted molar refractivity (Wildman–Crippen MR) is 127 cm³/mol. The van der Waals surface area contributed by atoms with Crippen LogP contribution in [0.25, 0.3) is 10.5 Å². The second-order valence-electron chi connectivity index (χ2n) is 9.95. The second kappa shape index (κ2) is 8.84. The number of hydrogen-bond acceptors (Lipinski definition) is 3. The van der Waals surface area contributed by atoms with Crippen molar-refractivity contribution in [2.24, 2.45) is 22.2 Å². The van der Waals surface area contributed by atoms with Crippen molar-refractivity contribution in [1.82, 2.24) is 0 Å². The number of sulfonamides is 1. The van der Waals surface area contributed by atoms with E-state index in [0.29, 0.717) is 17.9 Å². The van der Waals surface area contributed by atoms with Gasteiger partial charge in [-0.25, -0.2) is 8.42 Å². The fraction of sp³-hybridized carbons (Fsp3) is 0.480. The van der Waals surface area contributed by atoms with Crippen LogP contribution in [0.3, 0.4) is 0 Å². The van der Waals surface area contributed by atoms with Gasteiger partial charge in [0.15, 0.2) is 0 Å². The molecule has 5 atom stereocenters. The van der Waals surface area contributed by atoms with Crippen molar-refractivity contribution in [3.63, 3.8) is 0 Å². The van der Waals surface area contributed by atoms with Gasteiger partial charge in [0, 0.05) is 23.0 Å². The molecule has 0 bridgehead atoms. The SMILES string of the molecule is CC1(C)C2(CS(=O)(=O)[N-][C@@H](c3ccccc3)[C@@H]([NH-])c3ccccc3)CCC3CC(=O)C312.[Cl][Rh+2]. The number of benzene rings is 2. The molecule has 1 spiro atoms. The summed E-state index contributed by atoms with van der Waals surface area (Å²) in [6, 6.07) is 16.8. The van der Waals surface area contributed by atoms with E-state index >= 15 is 0 Å². The van der Waals surface area contributed by atoms with Crippen molar-refractivity contribution in [3.8, 4) is 0 Å². The molecule has 178 valence electrons. The first-order valence-corrected chi connectivity index (χ1v) is 14.8. The Morgan fingerprint density at radius 3 is 2.12 bits per heavy atom. The number of ketones is 1. The van der Waals surface area contributed by atoms with Gasteiger partial charge >= 0.3 is 27.0 Å². The molecule has 2 aromatic rings. The van der Waals surface area contributed by atoms with Crippen molar-refractivity contribution < 1.29 is 30.5 Å². The topological polar surface area (TPSA) is 89.1 Å². The van der Waals surface area contributed by atoms with Crippen molar-refractivity contribution >= 4 is 25.5 Å². The standard InChI is InChI=1S/C25H28N2O3S.ClH.Rh/c1-23(2)24(14-13-19-15-20(28)25(19,23)24)16-31(29,30)27-22(18-11-7-4-8-12-18)21(26)17-9-5-3-6-10-17;;/h3-12,19,21-22,26H,13-16H2,1-2H3;1H;/q-2;;+3/p-1/t19?,21-,22-,24?,25?;;/m0../s1. The van der Waals surface area contributed by atoms with Crippen molar-refractivity contribution in [2.45, 2.75) is 45.2 Å². The average Bonchev–Trinajstić information content (AvgIpc) is 3.10. The number of carbonyl (C=O) groups excluding carboxylic acids is 1. The van der Waals surface area contributed by atoms with Crippen LogP contribution in [0.2, 0.25) is 0 Å². The minimum absolute atomic E-state index is 0.0971. The molecule has 3 aliphatic carbocycles. The molecular weight excluding hydrogens is 547 g/mol. The maximum absolute atomic E-state index is 13.4. The molecule has 0 heterocycles. The third kappa shape index (κ3) is 3.58. The predicted octanol–water partition coefficient (Wildman–Crippen LogP) is 6.31. The number of rotatable bonds is 7. The zero-order valence-electron chi connectivity index (χ0n) is 18.6. The summed E-state index contributed by atoms with van der Waals surface area (Å²) >= 11 is 2.02. The average molecular weight is 575 g/mol. The summed E-state index contributed by atoms with van der Waals surface area (Å²) in [4.78, 5) is 12.7. The van der Waals surface area contributed by atoms with E-state index in [1.165, 1.54) is 0 Å². The van der Waals surface area contributed by atoms with Gasteiger partial charge < -0.3 is 10.5 Å². The number of nitrogens with one attached hydrogen (secondary N) is 1. The molecule has 2 aromatic carbocycles. The van der Waals surface area contributed by atoms with Gasteiger partial charge in [0.2, 0.25) is 0 Å². The number of Topliss-reactive ketones (excluding diaryl/α,β-unsaturated/α-hetero) is 1. The normalized spacial score (nSPS) is 30.7. The summed E-state index contributed by atoms with van der Waals surface area (Å²) in [7, 11) is 0.677. The molecule has 5 rings (SSSR count). The number of hydrogen-bond donors (Lipinski definition) is 0. The molecule has 0 aliphatic heterocycles. The minimum atomic E-state index is -3.85. The number of halogens is 1. The molecule has 3 aliphatic rings. The fourth-order valence-corrected chi connectivity index (χ4v) is 9.21. The van der Waals surface area contributed by atoms with Gasteiger partial charge in [0.1, 0.15) is 5.78 Å². The van der Waals surface area contributed by atoms with Crippen LogP contribution >= 0.6 is 9.69 Å². The van der Waals surface area contributed by atoms with E-state index in [4.69, 9.17) is 5.73 Å². The molecule has 33 heavy (non-hydrogen) atoms. The van der Waals surface area contributed by atoms with Gasteiger partial charge in [-0.1, -0.05) is 85.6 Å². The molecule has 0 saturated heterocycles. The molecule has 8 heteroatoms. The Morgan fingerprint density at radius 1 is 1.06 bits per heavy atom. The van der Waals surface area contributed by atoms with E-state index in [1.54, 1.807) is 0 Å². The second-order valence-corrected chi connectivity index (χ2v) is 11.6. The van der Waals surface area contributed by atoms with Gasteiger partial charge in [0.05, 0.1) is 10.0 Å². The van der Waals surface area contributed by atoms with Crippen LogP contribution in [0.4, 0.5) is 0 Å². The van der Waals surface area contributed by atoms with Gasteiger partial charge in [-0.15, -0.1) is 12.1 Å². The van der Waals surface area contributed by atoms with Crippen LogP contribution in [0, 0.1) is 22.2 Å². The number of nitrogens with zero attached hydrogens (tertiary/aromatic N) is 1. The summed E-state index contributed by atoms with van der Waals surface area (Å²) in [6.07, 6.45) is 2.29. The zero-order chi connectivity index (χ0) is 24.1. The van der Waals surface area contributed by atoms with E-state index < -0.39 is 32.9 Å². The summed E-state index contributed by atoms with van der Waals surface area (Å²) in [6.45, 7) is 4.11. The van der Waals surface area contributed by atoms with Crippen molar-refractivity contribution in [3.05, 3.63) is 82.2 Å². The summed E-state index contributed by atoms with van der Waals surface area (Å²) in [5.74, 6) is 0.459. The molecule has 1 N–H and O–H groups in total. The fourth-order valence-electron chi connectivity index (χ4n) is 7.19. The van der Waals surface area contributed by atoms with Gasteiger partial charge in [-0.3, -0.25) is 4.79 Å². The van der Waals surface area contributed by atoms with E-state index in [-0.39, 0.29) is 17.0 Å². The Kier molecular flexibility index (Phi) is 6.69. The third-order valence-corrected chi connectivity index (χ3v) is 10.0. The maximum atomic E-state index is 13.4. The van der Waals surface area contributed by atoms with Gasteiger partial charge in [-0.05, 0) is 24.2 Å². The molecule has 5 nitrogen and oxygen atoms in total. The molecule has 3 saturated carbocycles. The monoisotopic (exact) mass is 574 g/mol. The first kappa shape index (κ1) is 25.0. The Labute approximate surface area is 210 Å². The van der Waals surface area contributed by atoms with Crippen molar-refractivity contribution in [1.29, 1.82) is 0 Å². The molecule has 0 amide bonds. The third-order valence-electron chi connectivity index (χ3n) is 8.60. The quantitative estimate of drug-likeness (QED) is 0.363. The Morgan fingerprint density at radius 2 is 1.61 bits per heavy atom. The molecule has 3 fully saturated rings. The molecule has 3 unspecified atom stereocenters. The molecule has 0 aromatic heterocycles. The van der Waals surface area contributed by atoms with Gasteiger partial charge in [-0.2, -0.15) is 0 Å². The van der Waals surface area contributed by atoms with Crippen LogP contribution in [0.15, 0.2) is 60.7 Å². The summed E-state index contributed by atoms with van der Waals surface area (Å²) < 4.78 is 31.2. The van der Waals surface area contributed by atoms with Crippen LogP contribution in [-0.4, -0.2) is 20.0 Å². The van der Waals surface area contributed by atoms with Crippen LogP contribution in [0.5, 0.6) is 0 Å². The first-order valence-electron chi connectivity index (χ1n) is 11.1. The van der Waals surface area contributed by atoms with Crippen molar-refractivity contribution in [2.75, 3.05) is 5.75 Å². The molecule has 0 radical (unpaired) electrons. The Bertz CT molecular complexity index is 1130. The zero-order valence-corrected chi connectivity index (χ0v) is 21.8. The van der Waals surface area contributed by atoms with Crippen LogP contribution in [0.1, 0.15) is 56.3 Å². The van der Waals surface area contributed by atoms with Crippen LogP contribution in [-0.2, 0) is 32.1 Å². The van der Waals surface area contributed by atoms with E-state index in [0.717, 1.165) is 18.4 Å². The van der Waals surface area contributed by atoms with Gasteiger partial charge in [0.25, 0.3) is 0 Å². The Balaban J connectivity index is 0.00000126. The Hall–Kier alpha value is -1.11. The summed E-state index contributed by atoms with van der Waals surface area (Å²) in [5, 5.41) is 0. The molecular formula is C25H28ClN2O3RhS.